The molecule has 28 heavy (non-hydrogen) atoms. The van der Waals surface area contributed by atoms with Crippen molar-refractivity contribution in [1.82, 2.24) is 14.9 Å². The number of aromatic nitrogens is 2. The maximum atomic E-state index is 12.4. The van der Waals surface area contributed by atoms with Crippen LogP contribution in [-0.2, 0) is 27.5 Å². The Kier molecular flexibility index (Phi) is 7.51. The highest BCUT2D eigenvalue weighted by Crippen LogP contribution is 2.28. The molecular formula is C22H29N3O3. The minimum Gasteiger partial charge on any atom is -0.372 e. The van der Waals surface area contributed by atoms with E-state index in [4.69, 9.17) is 14.5 Å². The van der Waals surface area contributed by atoms with E-state index in [2.05, 4.69) is 17.1 Å². The highest BCUT2D eigenvalue weighted by Gasteiger charge is 2.27. The van der Waals surface area contributed by atoms with Gasteiger partial charge in [0.25, 0.3) is 0 Å². The second kappa shape index (κ2) is 10.3. The van der Waals surface area contributed by atoms with Gasteiger partial charge in [-0.3, -0.25) is 4.79 Å². The fourth-order valence-electron chi connectivity index (χ4n) is 3.54. The smallest absolute Gasteiger partial charge is 0.248 e. The number of aryl methyl sites for hydroxylation is 1. The van der Waals surface area contributed by atoms with Gasteiger partial charge in [-0.05, 0) is 32.3 Å². The number of benzene rings is 1. The molecule has 1 saturated heterocycles. The summed E-state index contributed by atoms with van der Waals surface area (Å²) in [4.78, 5) is 23.3. The molecule has 1 aliphatic rings. The molecule has 1 aromatic heterocycles. The van der Waals surface area contributed by atoms with Crippen molar-refractivity contribution in [3.8, 4) is 0 Å². The minimum atomic E-state index is 0.0548. The number of carbonyl (C=O) groups excluding carboxylic acids is 1. The summed E-state index contributed by atoms with van der Waals surface area (Å²) in [6, 6.07) is 10.1. The molecule has 3 rings (SSSR count). The van der Waals surface area contributed by atoms with Gasteiger partial charge in [-0.2, -0.15) is 0 Å². The van der Waals surface area contributed by atoms with Gasteiger partial charge in [-0.25, -0.2) is 9.97 Å². The molecule has 150 valence electrons. The molecule has 6 heteroatoms. The van der Waals surface area contributed by atoms with Gasteiger partial charge in [-0.1, -0.05) is 30.3 Å². The molecule has 0 aliphatic carbocycles. The third-order valence-electron chi connectivity index (χ3n) is 4.98. The normalized spacial score (nSPS) is 16.9. The van der Waals surface area contributed by atoms with Crippen molar-refractivity contribution in [1.29, 1.82) is 0 Å². The molecule has 0 N–H and O–H groups in total. The van der Waals surface area contributed by atoms with Crippen LogP contribution in [0.4, 0.5) is 0 Å². The van der Waals surface area contributed by atoms with Crippen LogP contribution in [0.3, 0.4) is 0 Å². The van der Waals surface area contributed by atoms with Gasteiger partial charge in [0.05, 0.1) is 18.9 Å². The van der Waals surface area contributed by atoms with Crippen LogP contribution in [-0.4, -0.2) is 47.1 Å². The number of nitrogens with zero attached hydrogens (tertiary/aromatic N) is 3. The van der Waals surface area contributed by atoms with Crippen molar-refractivity contribution < 1.29 is 14.3 Å². The Morgan fingerprint density at radius 3 is 2.82 bits per heavy atom. The number of carbonyl (C=O) groups is 1. The summed E-state index contributed by atoms with van der Waals surface area (Å²) in [7, 11) is 0. The predicted octanol–water partition coefficient (Wildman–Crippen LogP) is 3.24. The van der Waals surface area contributed by atoms with Crippen LogP contribution in [0.25, 0.3) is 0 Å². The van der Waals surface area contributed by atoms with Crippen molar-refractivity contribution >= 4 is 5.91 Å². The van der Waals surface area contributed by atoms with Crippen molar-refractivity contribution in [2.45, 2.75) is 45.8 Å². The number of amides is 1. The van der Waals surface area contributed by atoms with Gasteiger partial charge in [0, 0.05) is 37.4 Å². The Hall–Kier alpha value is -2.31. The van der Waals surface area contributed by atoms with Gasteiger partial charge in [0.2, 0.25) is 5.91 Å². The largest absolute Gasteiger partial charge is 0.372 e. The molecule has 1 amide bonds. The topological polar surface area (TPSA) is 64.5 Å². The summed E-state index contributed by atoms with van der Waals surface area (Å²) in [5, 5.41) is 0. The Morgan fingerprint density at radius 2 is 2.04 bits per heavy atom. The van der Waals surface area contributed by atoms with Crippen molar-refractivity contribution in [2.24, 2.45) is 0 Å². The molecule has 2 heterocycles. The zero-order valence-electron chi connectivity index (χ0n) is 16.8. The summed E-state index contributed by atoms with van der Waals surface area (Å²) in [5.74, 6) is 1.01. The van der Waals surface area contributed by atoms with Gasteiger partial charge in [0.1, 0.15) is 12.4 Å². The molecule has 1 unspecified atom stereocenters. The van der Waals surface area contributed by atoms with E-state index < -0.39 is 0 Å². The van der Waals surface area contributed by atoms with E-state index in [1.54, 1.807) is 0 Å². The van der Waals surface area contributed by atoms with Crippen LogP contribution in [0.5, 0.6) is 0 Å². The Balaban J connectivity index is 1.66. The van der Waals surface area contributed by atoms with Crippen molar-refractivity contribution in [2.75, 3.05) is 26.3 Å². The number of likely N-dealkylation sites (tertiary alicyclic amines) is 1. The predicted molar refractivity (Wildman–Crippen MR) is 107 cm³/mol. The van der Waals surface area contributed by atoms with Gasteiger partial charge in [0.15, 0.2) is 0 Å². The number of ether oxygens (including phenoxy) is 2. The number of hydrogen-bond donors (Lipinski definition) is 0. The van der Waals surface area contributed by atoms with E-state index in [1.807, 2.05) is 43.1 Å². The average molecular weight is 383 g/mol. The summed E-state index contributed by atoms with van der Waals surface area (Å²) in [6.07, 6.45) is 3.85. The number of hydrogen-bond acceptors (Lipinski definition) is 5. The minimum absolute atomic E-state index is 0.0548. The molecule has 0 bridgehead atoms. The molecule has 1 atom stereocenters. The maximum absolute atomic E-state index is 12.4. The van der Waals surface area contributed by atoms with Crippen LogP contribution in [0.1, 0.15) is 48.3 Å². The first-order chi connectivity index (χ1) is 13.7. The van der Waals surface area contributed by atoms with Crippen LogP contribution in [0, 0.1) is 6.92 Å². The lowest BCUT2D eigenvalue weighted by Crippen LogP contribution is -2.41. The Labute approximate surface area is 166 Å². The van der Waals surface area contributed by atoms with E-state index in [-0.39, 0.29) is 18.4 Å². The lowest BCUT2D eigenvalue weighted by molar-refractivity contribution is -0.137. The third-order valence-corrected chi connectivity index (χ3v) is 4.98. The zero-order valence-corrected chi connectivity index (χ0v) is 16.8. The SMILES string of the molecule is CCOCC(=O)N1CCCC(c2nc(C)ncc2COCc2ccccc2)C1. The van der Waals surface area contributed by atoms with Gasteiger partial charge < -0.3 is 14.4 Å². The number of piperidine rings is 1. The molecule has 6 nitrogen and oxygen atoms in total. The first-order valence-electron chi connectivity index (χ1n) is 9.97. The first kappa shape index (κ1) is 20.4. The lowest BCUT2D eigenvalue weighted by atomic mass is 9.92. The van der Waals surface area contributed by atoms with E-state index >= 15 is 0 Å². The molecule has 2 aromatic rings. The standard InChI is InChI=1S/C22H29N3O3/c1-3-27-16-21(26)25-11-7-10-19(13-25)22-20(12-23-17(2)24-22)15-28-14-18-8-5-4-6-9-18/h4-6,8-9,12,19H,3,7,10-11,13-16H2,1-2H3. The first-order valence-corrected chi connectivity index (χ1v) is 9.97. The molecular weight excluding hydrogens is 354 g/mol. The molecule has 0 radical (unpaired) electrons. The second-order valence-corrected chi connectivity index (χ2v) is 7.12. The van der Waals surface area contributed by atoms with Crippen LogP contribution < -0.4 is 0 Å². The Bertz CT molecular complexity index is 767. The maximum Gasteiger partial charge on any atom is 0.248 e. The molecule has 0 spiro atoms. The molecule has 1 aromatic carbocycles. The van der Waals surface area contributed by atoms with E-state index in [1.165, 1.54) is 0 Å². The van der Waals surface area contributed by atoms with E-state index in [0.29, 0.717) is 26.4 Å². The highest BCUT2D eigenvalue weighted by molar-refractivity contribution is 5.77. The third kappa shape index (κ3) is 5.59. The average Bonchev–Trinajstić information content (AvgIpc) is 2.74. The van der Waals surface area contributed by atoms with E-state index in [0.717, 1.165) is 42.0 Å². The quantitative estimate of drug-likeness (QED) is 0.700. The zero-order chi connectivity index (χ0) is 19.8. The fourth-order valence-corrected chi connectivity index (χ4v) is 3.54. The highest BCUT2D eigenvalue weighted by atomic mass is 16.5. The summed E-state index contributed by atoms with van der Waals surface area (Å²) in [6.45, 7) is 6.98. The van der Waals surface area contributed by atoms with E-state index in [9.17, 15) is 4.79 Å². The monoisotopic (exact) mass is 383 g/mol. The van der Waals surface area contributed by atoms with Crippen LogP contribution in [0.15, 0.2) is 36.5 Å². The summed E-state index contributed by atoms with van der Waals surface area (Å²) >= 11 is 0. The van der Waals surface area contributed by atoms with Crippen LogP contribution >= 0.6 is 0 Å². The molecule has 1 aliphatic heterocycles. The van der Waals surface area contributed by atoms with Crippen molar-refractivity contribution in [3.05, 3.63) is 59.2 Å². The second-order valence-electron chi connectivity index (χ2n) is 7.12. The molecule has 1 fully saturated rings. The summed E-state index contributed by atoms with van der Waals surface area (Å²) in [5.41, 5.74) is 3.16. The van der Waals surface area contributed by atoms with Gasteiger partial charge >= 0.3 is 0 Å². The molecule has 0 saturated carbocycles. The fraction of sp³-hybridized carbons (Fsp3) is 0.500. The number of rotatable bonds is 8. The van der Waals surface area contributed by atoms with Gasteiger partial charge in [-0.15, -0.1) is 0 Å². The lowest BCUT2D eigenvalue weighted by Gasteiger charge is -2.33. The Morgan fingerprint density at radius 1 is 1.21 bits per heavy atom. The summed E-state index contributed by atoms with van der Waals surface area (Å²) < 4.78 is 11.2. The van der Waals surface area contributed by atoms with Crippen LogP contribution in [0.2, 0.25) is 0 Å². The van der Waals surface area contributed by atoms with Crippen molar-refractivity contribution in [3.63, 3.8) is 0 Å².